The highest BCUT2D eigenvalue weighted by molar-refractivity contribution is 5.65. The molecule has 0 fully saturated rings. The molecule has 0 aliphatic carbocycles. The van der Waals surface area contributed by atoms with Crippen molar-refractivity contribution in [3.8, 4) is 0 Å². The summed E-state index contributed by atoms with van der Waals surface area (Å²) < 4.78 is 14.6. The molecule has 84 valence electrons. The van der Waals surface area contributed by atoms with Crippen molar-refractivity contribution in [3.63, 3.8) is 0 Å². The third-order valence-electron chi connectivity index (χ3n) is 2.23. The van der Waals surface area contributed by atoms with E-state index in [-0.39, 0.29) is 5.82 Å². The molecule has 2 rings (SSSR count). The number of anilines is 2. The molecule has 0 unspecified atom stereocenters. The number of hydrogen-bond acceptors (Lipinski definition) is 3. The molecule has 0 saturated carbocycles. The molecule has 0 radical (unpaired) electrons. The van der Waals surface area contributed by atoms with Gasteiger partial charge in [-0.2, -0.15) is 5.10 Å². The van der Waals surface area contributed by atoms with Gasteiger partial charge < -0.3 is 11.1 Å². The Balaban J connectivity index is 1.90. The molecule has 0 aliphatic heterocycles. The van der Waals surface area contributed by atoms with E-state index >= 15 is 0 Å². The molecule has 0 atom stereocenters. The Kier molecular flexibility index (Phi) is 3.05. The number of benzene rings is 1. The van der Waals surface area contributed by atoms with Gasteiger partial charge in [-0.15, -0.1) is 0 Å². The summed E-state index contributed by atoms with van der Waals surface area (Å²) in [5.74, 6) is -0.324. The second-order valence-electron chi connectivity index (χ2n) is 3.43. The van der Waals surface area contributed by atoms with E-state index in [9.17, 15) is 4.39 Å². The van der Waals surface area contributed by atoms with E-state index in [0.717, 1.165) is 12.2 Å². The maximum absolute atomic E-state index is 12.8. The molecule has 0 aliphatic rings. The number of halogens is 1. The first-order valence-corrected chi connectivity index (χ1v) is 5.02. The zero-order valence-corrected chi connectivity index (χ0v) is 8.73. The predicted octanol–water partition coefficient (Wildman–Crippen LogP) is 1.72. The minimum absolute atomic E-state index is 0.324. The number of hydrogen-bond donors (Lipinski definition) is 2. The fourth-order valence-electron chi connectivity index (χ4n) is 1.43. The van der Waals surface area contributed by atoms with Crippen LogP contribution in [0, 0.1) is 5.82 Å². The maximum Gasteiger partial charge on any atom is 0.125 e. The van der Waals surface area contributed by atoms with Crippen LogP contribution in [-0.4, -0.2) is 16.3 Å². The second-order valence-corrected chi connectivity index (χ2v) is 3.43. The summed E-state index contributed by atoms with van der Waals surface area (Å²) in [5, 5.41) is 7.20. The molecular formula is C11H13FN4. The summed E-state index contributed by atoms with van der Waals surface area (Å²) in [5.41, 5.74) is 6.82. The Bertz CT molecular complexity index is 453. The zero-order valence-electron chi connectivity index (χ0n) is 8.73. The van der Waals surface area contributed by atoms with Crippen molar-refractivity contribution in [2.75, 3.05) is 17.6 Å². The standard InChI is InChI=1S/C11H13FN4/c12-9-2-3-11(10(13)8-9)14-5-7-16-6-1-4-15-16/h1-4,6,8,14H,5,7,13H2. The quantitative estimate of drug-likeness (QED) is 0.771. The zero-order chi connectivity index (χ0) is 11.4. The topological polar surface area (TPSA) is 55.9 Å². The Hall–Kier alpha value is -2.04. The first-order chi connectivity index (χ1) is 7.75. The molecule has 0 bridgehead atoms. The van der Waals surface area contributed by atoms with Gasteiger partial charge in [0.1, 0.15) is 5.82 Å². The maximum atomic E-state index is 12.8. The van der Waals surface area contributed by atoms with Gasteiger partial charge in [0.2, 0.25) is 0 Å². The average molecular weight is 220 g/mol. The minimum Gasteiger partial charge on any atom is -0.397 e. The Morgan fingerprint density at radius 2 is 2.31 bits per heavy atom. The lowest BCUT2D eigenvalue weighted by Gasteiger charge is -2.09. The highest BCUT2D eigenvalue weighted by Crippen LogP contribution is 2.18. The van der Waals surface area contributed by atoms with Gasteiger partial charge in [0.15, 0.2) is 0 Å². The summed E-state index contributed by atoms with van der Waals surface area (Å²) in [6.07, 6.45) is 3.61. The van der Waals surface area contributed by atoms with Crippen molar-refractivity contribution in [1.82, 2.24) is 9.78 Å². The number of aromatic nitrogens is 2. The second kappa shape index (κ2) is 4.65. The smallest absolute Gasteiger partial charge is 0.125 e. The van der Waals surface area contributed by atoms with E-state index in [1.807, 2.05) is 16.9 Å². The first kappa shape index (κ1) is 10.5. The van der Waals surface area contributed by atoms with Crippen LogP contribution in [0.15, 0.2) is 36.7 Å². The predicted molar refractivity (Wildman–Crippen MR) is 61.5 cm³/mol. The minimum atomic E-state index is -0.324. The van der Waals surface area contributed by atoms with Gasteiger partial charge in [0, 0.05) is 18.9 Å². The van der Waals surface area contributed by atoms with Gasteiger partial charge in [-0.05, 0) is 24.3 Å². The highest BCUT2D eigenvalue weighted by Gasteiger charge is 1.99. The van der Waals surface area contributed by atoms with E-state index < -0.39 is 0 Å². The summed E-state index contributed by atoms with van der Waals surface area (Å²) in [7, 11) is 0. The molecule has 0 saturated heterocycles. The van der Waals surface area contributed by atoms with Crippen LogP contribution in [0.5, 0.6) is 0 Å². The van der Waals surface area contributed by atoms with Gasteiger partial charge in [-0.3, -0.25) is 4.68 Å². The lowest BCUT2D eigenvalue weighted by atomic mass is 10.2. The van der Waals surface area contributed by atoms with Gasteiger partial charge in [0.25, 0.3) is 0 Å². The molecule has 1 aromatic carbocycles. The molecule has 0 spiro atoms. The number of nitrogens with one attached hydrogen (secondary N) is 1. The number of rotatable bonds is 4. The number of nitrogens with zero attached hydrogens (tertiary/aromatic N) is 2. The van der Waals surface area contributed by atoms with Crippen molar-refractivity contribution < 1.29 is 4.39 Å². The summed E-state index contributed by atoms with van der Waals surface area (Å²) in [4.78, 5) is 0. The van der Waals surface area contributed by atoms with Gasteiger partial charge >= 0.3 is 0 Å². The van der Waals surface area contributed by atoms with E-state index in [1.165, 1.54) is 12.1 Å². The molecule has 1 aromatic heterocycles. The summed E-state index contributed by atoms with van der Waals surface area (Å²) in [6, 6.07) is 6.18. The lowest BCUT2D eigenvalue weighted by molar-refractivity contribution is 0.627. The third-order valence-corrected chi connectivity index (χ3v) is 2.23. The van der Waals surface area contributed by atoms with Crippen LogP contribution in [0.25, 0.3) is 0 Å². The number of nitrogen functional groups attached to an aromatic ring is 1. The average Bonchev–Trinajstić information content (AvgIpc) is 2.74. The molecule has 1 heterocycles. The van der Waals surface area contributed by atoms with E-state index in [4.69, 9.17) is 5.73 Å². The van der Waals surface area contributed by atoms with Crippen molar-refractivity contribution in [3.05, 3.63) is 42.5 Å². The lowest BCUT2D eigenvalue weighted by Crippen LogP contribution is -2.11. The molecule has 0 amide bonds. The van der Waals surface area contributed by atoms with Crippen molar-refractivity contribution in [2.45, 2.75) is 6.54 Å². The Morgan fingerprint density at radius 1 is 1.44 bits per heavy atom. The molecule has 3 N–H and O–H groups in total. The van der Waals surface area contributed by atoms with Crippen LogP contribution in [0.2, 0.25) is 0 Å². The molecule has 5 heteroatoms. The van der Waals surface area contributed by atoms with Gasteiger partial charge in [-0.1, -0.05) is 0 Å². The van der Waals surface area contributed by atoms with Crippen LogP contribution in [0.1, 0.15) is 0 Å². The van der Waals surface area contributed by atoms with Crippen LogP contribution in [0.3, 0.4) is 0 Å². The summed E-state index contributed by atoms with van der Waals surface area (Å²) in [6.45, 7) is 1.43. The normalized spacial score (nSPS) is 10.3. The Labute approximate surface area is 92.9 Å². The van der Waals surface area contributed by atoms with Crippen LogP contribution < -0.4 is 11.1 Å². The first-order valence-electron chi connectivity index (χ1n) is 5.02. The van der Waals surface area contributed by atoms with Crippen LogP contribution in [0.4, 0.5) is 15.8 Å². The van der Waals surface area contributed by atoms with Crippen LogP contribution in [-0.2, 0) is 6.54 Å². The fourth-order valence-corrected chi connectivity index (χ4v) is 1.43. The van der Waals surface area contributed by atoms with Gasteiger partial charge in [0.05, 0.1) is 17.9 Å². The fraction of sp³-hybridized carbons (Fsp3) is 0.182. The van der Waals surface area contributed by atoms with E-state index in [0.29, 0.717) is 12.2 Å². The van der Waals surface area contributed by atoms with Crippen molar-refractivity contribution >= 4 is 11.4 Å². The molecule has 2 aromatic rings. The van der Waals surface area contributed by atoms with E-state index in [1.54, 1.807) is 12.3 Å². The van der Waals surface area contributed by atoms with Crippen molar-refractivity contribution in [1.29, 1.82) is 0 Å². The largest absolute Gasteiger partial charge is 0.397 e. The van der Waals surface area contributed by atoms with Gasteiger partial charge in [-0.25, -0.2) is 4.39 Å². The highest BCUT2D eigenvalue weighted by atomic mass is 19.1. The number of nitrogens with two attached hydrogens (primary N) is 1. The summed E-state index contributed by atoms with van der Waals surface area (Å²) >= 11 is 0. The molecule has 4 nitrogen and oxygen atoms in total. The SMILES string of the molecule is Nc1cc(F)ccc1NCCn1cccn1. The Morgan fingerprint density at radius 3 is 3.00 bits per heavy atom. The third kappa shape index (κ3) is 2.50. The van der Waals surface area contributed by atoms with Crippen LogP contribution >= 0.6 is 0 Å². The van der Waals surface area contributed by atoms with Crippen molar-refractivity contribution in [2.24, 2.45) is 0 Å². The monoisotopic (exact) mass is 220 g/mol. The molecular weight excluding hydrogens is 207 g/mol. The van der Waals surface area contributed by atoms with E-state index in [2.05, 4.69) is 10.4 Å². The molecule has 16 heavy (non-hydrogen) atoms.